The molecule has 2 unspecified atom stereocenters. The van der Waals surface area contributed by atoms with E-state index in [-0.39, 0.29) is 12.1 Å². The number of carbonyl (C=O) groups is 1. The first-order chi connectivity index (χ1) is 11.6. The van der Waals surface area contributed by atoms with Crippen LogP contribution >= 0.6 is 0 Å². The van der Waals surface area contributed by atoms with E-state index in [2.05, 4.69) is 6.92 Å². The smallest absolute Gasteiger partial charge is 0.306 e. The summed E-state index contributed by atoms with van der Waals surface area (Å²) < 4.78 is 21.6. The van der Waals surface area contributed by atoms with Gasteiger partial charge in [-0.15, -0.1) is 0 Å². The summed E-state index contributed by atoms with van der Waals surface area (Å²) in [6, 6.07) is 3.74. The first-order valence-corrected chi connectivity index (χ1v) is 8.55. The number of aryl methyl sites for hydroxylation is 1. The van der Waals surface area contributed by atoms with Crippen molar-refractivity contribution in [3.05, 3.63) is 17.7 Å². The lowest BCUT2D eigenvalue weighted by Gasteiger charge is -2.26. The summed E-state index contributed by atoms with van der Waals surface area (Å²) in [6.45, 7) is 2.22. The molecule has 1 fully saturated rings. The predicted molar refractivity (Wildman–Crippen MR) is 91.9 cm³/mol. The van der Waals surface area contributed by atoms with Gasteiger partial charge in [-0.1, -0.05) is 13.3 Å². The fourth-order valence-electron chi connectivity index (χ4n) is 3.26. The summed E-state index contributed by atoms with van der Waals surface area (Å²) in [5.74, 6) is 2.26. The molecule has 0 bridgehead atoms. The summed E-state index contributed by atoms with van der Waals surface area (Å²) in [5, 5.41) is 0. The molecule has 0 saturated heterocycles. The number of ether oxygens (including phenoxy) is 4. The fourth-order valence-corrected chi connectivity index (χ4v) is 3.26. The Labute approximate surface area is 144 Å². The Morgan fingerprint density at radius 3 is 2.29 bits per heavy atom. The van der Waals surface area contributed by atoms with Gasteiger partial charge < -0.3 is 18.9 Å². The Kier molecular flexibility index (Phi) is 6.76. The highest BCUT2D eigenvalue weighted by molar-refractivity contribution is 5.70. The van der Waals surface area contributed by atoms with Crippen LogP contribution in [0.4, 0.5) is 0 Å². The number of methoxy groups -OCH3 is 3. The first-order valence-electron chi connectivity index (χ1n) is 8.55. The Bertz CT molecular complexity index is 530. The number of hydrogen-bond donors (Lipinski definition) is 0. The number of esters is 1. The van der Waals surface area contributed by atoms with Gasteiger partial charge in [-0.3, -0.25) is 4.79 Å². The molecule has 5 nitrogen and oxygen atoms in total. The molecule has 1 aliphatic carbocycles. The number of rotatable bonds is 7. The second-order valence-corrected chi connectivity index (χ2v) is 6.42. The Morgan fingerprint density at radius 1 is 1.08 bits per heavy atom. The molecule has 0 heterocycles. The van der Waals surface area contributed by atoms with Gasteiger partial charge in [-0.25, -0.2) is 0 Å². The normalized spacial score (nSPS) is 20.3. The number of benzene rings is 1. The molecule has 1 aliphatic rings. The van der Waals surface area contributed by atoms with Crippen molar-refractivity contribution in [2.45, 2.75) is 51.6 Å². The van der Waals surface area contributed by atoms with E-state index >= 15 is 0 Å². The van der Waals surface area contributed by atoms with Crippen LogP contribution in [0.15, 0.2) is 12.1 Å². The van der Waals surface area contributed by atoms with Crippen LogP contribution in [0.1, 0.15) is 44.6 Å². The van der Waals surface area contributed by atoms with Gasteiger partial charge in [0.05, 0.1) is 21.3 Å². The standard InChI is InChI=1S/C19H28O5/c1-13-6-5-7-15(10-13)24-18(20)9-8-14-11-16(21-2)19(23-4)17(12-14)22-3/h11-13,15H,5-10H2,1-4H3. The number of hydrogen-bond acceptors (Lipinski definition) is 5. The van der Waals surface area contributed by atoms with Gasteiger partial charge in [0.15, 0.2) is 11.5 Å². The molecular formula is C19H28O5. The quantitative estimate of drug-likeness (QED) is 0.710. The molecule has 134 valence electrons. The molecule has 2 atom stereocenters. The Hall–Kier alpha value is -1.91. The van der Waals surface area contributed by atoms with E-state index in [0.717, 1.165) is 24.8 Å². The van der Waals surface area contributed by atoms with Gasteiger partial charge in [-0.2, -0.15) is 0 Å². The van der Waals surface area contributed by atoms with Crippen LogP contribution in [0.25, 0.3) is 0 Å². The summed E-state index contributed by atoms with van der Waals surface area (Å²) in [5.41, 5.74) is 0.957. The van der Waals surface area contributed by atoms with Gasteiger partial charge >= 0.3 is 5.97 Å². The maximum atomic E-state index is 12.1. The molecule has 24 heavy (non-hydrogen) atoms. The van der Waals surface area contributed by atoms with E-state index in [1.807, 2.05) is 12.1 Å². The van der Waals surface area contributed by atoms with E-state index in [1.54, 1.807) is 21.3 Å². The zero-order valence-corrected chi connectivity index (χ0v) is 15.1. The van der Waals surface area contributed by atoms with Gasteiger partial charge in [0.2, 0.25) is 5.75 Å². The van der Waals surface area contributed by atoms with Gasteiger partial charge in [-0.05, 0) is 49.3 Å². The van der Waals surface area contributed by atoms with Crippen LogP contribution in [-0.4, -0.2) is 33.4 Å². The molecule has 0 radical (unpaired) electrons. The summed E-state index contributed by atoms with van der Waals surface area (Å²) in [6.07, 6.45) is 5.37. The minimum atomic E-state index is -0.136. The molecule has 0 spiro atoms. The third kappa shape index (κ3) is 4.79. The molecule has 5 heteroatoms. The van der Waals surface area contributed by atoms with Gasteiger partial charge in [0.25, 0.3) is 0 Å². The zero-order valence-electron chi connectivity index (χ0n) is 15.1. The lowest BCUT2D eigenvalue weighted by atomic mass is 9.89. The molecule has 1 aromatic rings. The van der Waals surface area contributed by atoms with Crippen LogP contribution < -0.4 is 14.2 Å². The van der Waals surface area contributed by atoms with Crippen molar-refractivity contribution in [3.63, 3.8) is 0 Å². The topological polar surface area (TPSA) is 54.0 Å². The molecule has 0 aliphatic heterocycles. The second-order valence-electron chi connectivity index (χ2n) is 6.42. The molecule has 1 saturated carbocycles. The summed E-state index contributed by atoms with van der Waals surface area (Å²) >= 11 is 0. The van der Waals surface area contributed by atoms with E-state index in [0.29, 0.717) is 36.0 Å². The van der Waals surface area contributed by atoms with Crippen molar-refractivity contribution in [3.8, 4) is 17.2 Å². The van der Waals surface area contributed by atoms with E-state index < -0.39 is 0 Å². The van der Waals surface area contributed by atoms with E-state index in [9.17, 15) is 4.79 Å². The summed E-state index contributed by atoms with van der Waals surface area (Å²) in [4.78, 5) is 12.1. The first kappa shape index (κ1) is 18.4. The van der Waals surface area contributed by atoms with Crippen LogP contribution in [-0.2, 0) is 16.0 Å². The van der Waals surface area contributed by atoms with E-state index in [4.69, 9.17) is 18.9 Å². The maximum absolute atomic E-state index is 12.1. The third-order valence-corrected chi connectivity index (χ3v) is 4.53. The van der Waals surface area contributed by atoms with Gasteiger partial charge in [0, 0.05) is 6.42 Å². The molecule has 2 rings (SSSR count). The number of carbonyl (C=O) groups excluding carboxylic acids is 1. The van der Waals surface area contributed by atoms with Crippen molar-refractivity contribution < 1.29 is 23.7 Å². The monoisotopic (exact) mass is 336 g/mol. The molecular weight excluding hydrogens is 308 g/mol. The SMILES string of the molecule is COc1cc(CCC(=O)OC2CCCC(C)C2)cc(OC)c1OC. The molecule has 0 amide bonds. The van der Waals surface area contributed by atoms with Gasteiger partial charge in [0.1, 0.15) is 6.10 Å². The molecule has 0 N–H and O–H groups in total. The zero-order chi connectivity index (χ0) is 17.5. The Balaban J connectivity index is 1.94. The average Bonchev–Trinajstić information content (AvgIpc) is 2.58. The third-order valence-electron chi connectivity index (χ3n) is 4.53. The van der Waals surface area contributed by atoms with Crippen molar-refractivity contribution in [1.29, 1.82) is 0 Å². The molecule has 1 aromatic carbocycles. The highest BCUT2D eigenvalue weighted by atomic mass is 16.5. The van der Waals surface area contributed by atoms with Crippen molar-refractivity contribution >= 4 is 5.97 Å². The largest absolute Gasteiger partial charge is 0.493 e. The predicted octanol–water partition coefficient (Wildman–Crippen LogP) is 3.77. The minimum Gasteiger partial charge on any atom is -0.493 e. The average molecular weight is 336 g/mol. The lowest BCUT2D eigenvalue weighted by molar-refractivity contribution is -0.151. The summed E-state index contributed by atoms with van der Waals surface area (Å²) in [7, 11) is 4.74. The van der Waals surface area contributed by atoms with Crippen LogP contribution in [0, 0.1) is 5.92 Å². The van der Waals surface area contributed by atoms with Crippen molar-refractivity contribution in [1.82, 2.24) is 0 Å². The second kappa shape index (κ2) is 8.81. The maximum Gasteiger partial charge on any atom is 0.306 e. The van der Waals surface area contributed by atoms with Crippen molar-refractivity contribution in [2.24, 2.45) is 5.92 Å². The molecule has 0 aromatic heterocycles. The van der Waals surface area contributed by atoms with E-state index in [1.165, 1.54) is 6.42 Å². The lowest BCUT2D eigenvalue weighted by Crippen LogP contribution is -2.24. The van der Waals surface area contributed by atoms with Crippen LogP contribution in [0.2, 0.25) is 0 Å². The van der Waals surface area contributed by atoms with Crippen LogP contribution in [0.5, 0.6) is 17.2 Å². The van der Waals surface area contributed by atoms with Crippen LogP contribution in [0.3, 0.4) is 0 Å². The highest BCUT2D eigenvalue weighted by Gasteiger charge is 2.22. The fraction of sp³-hybridized carbons (Fsp3) is 0.632. The Morgan fingerprint density at radius 2 is 1.75 bits per heavy atom. The van der Waals surface area contributed by atoms with Crippen molar-refractivity contribution in [2.75, 3.05) is 21.3 Å². The highest BCUT2D eigenvalue weighted by Crippen LogP contribution is 2.38. The minimum absolute atomic E-state index is 0.0844.